The van der Waals surface area contributed by atoms with Crippen molar-refractivity contribution in [2.45, 2.75) is 20.0 Å². The predicted octanol–water partition coefficient (Wildman–Crippen LogP) is 1.78. The number of hydrogen-bond donors (Lipinski definition) is 3. The molecule has 0 amide bonds. The maximum absolute atomic E-state index is 10.7. The number of aromatic hydroxyl groups is 1. The highest BCUT2D eigenvalue weighted by Gasteiger charge is 2.20. The molecule has 0 heterocycles. The fourth-order valence-electron chi connectivity index (χ4n) is 1.33. The van der Waals surface area contributed by atoms with Crippen molar-refractivity contribution in [1.82, 2.24) is 0 Å². The average Bonchev–Trinajstić information content (AvgIpc) is 2.16. The summed E-state index contributed by atoms with van der Waals surface area (Å²) >= 11 is 0. The normalized spacial score (nSPS) is 12.8. The van der Waals surface area contributed by atoms with Crippen LogP contribution < -0.4 is 0 Å². The van der Waals surface area contributed by atoms with Gasteiger partial charge in [0, 0.05) is 5.56 Å². The van der Waals surface area contributed by atoms with Gasteiger partial charge in [0.25, 0.3) is 0 Å². The van der Waals surface area contributed by atoms with Crippen molar-refractivity contribution in [2.75, 3.05) is 0 Å². The number of carboxylic acid groups (broad SMARTS) is 1. The lowest BCUT2D eigenvalue weighted by molar-refractivity contribution is 0.0692. The quantitative estimate of drug-likeness (QED) is 0.710. The zero-order valence-corrected chi connectivity index (χ0v) is 8.64. The molecule has 1 atom stereocenters. The predicted molar refractivity (Wildman–Crippen MR) is 54.9 cm³/mol. The molecule has 4 heteroatoms. The van der Waals surface area contributed by atoms with Gasteiger partial charge in [-0.1, -0.05) is 26.0 Å². The molecule has 1 rings (SSSR count). The summed E-state index contributed by atoms with van der Waals surface area (Å²) in [6.07, 6.45) is -0.857. The Bertz CT molecular complexity index is 371. The first-order valence-electron chi connectivity index (χ1n) is 4.68. The number of rotatable bonds is 3. The molecule has 0 spiro atoms. The van der Waals surface area contributed by atoms with Crippen LogP contribution in [0, 0.1) is 5.92 Å². The molecule has 1 unspecified atom stereocenters. The summed E-state index contributed by atoms with van der Waals surface area (Å²) in [4.78, 5) is 10.7. The Kier molecular flexibility index (Phi) is 3.31. The van der Waals surface area contributed by atoms with Gasteiger partial charge < -0.3 is 15.3 Å². The van der Waals surface area contributed by atoms with E-state index in [-0.39, 0.29) is 22.8 Å². The van der Waals surface area contributed by atoms with E-state index in [2.05, 4.69) is 0 Å². The van der Waals surface area contributed by atoms with Crippen LogP contribution in [0.3, 0.4) is 0 Å². The number of para-hydroxylation sites is 1. The van der Waals surface area contributed by atoms with Gasteiger partial charge in [-0.05, 0) is 12.0 Å². The van der Waals surface area contributed by atoms with Crippen LogP contribution in [0.15, 0.2) is 18.2 Å². The molecule has 0 fully saturated rings. The van der Waals surface area contributed by atoms with E-state index in [9.17, 15) is 15.0 Å². The minimum atomic E-state index is -1.20. The van der Waals surface area contributed by atoms with Crippen LogP contribution in [0.1, 0.15) is 35.9 Å². The van der Waals surface area contributed by atoms with Crippen LogP contribution >= 0.6 is 0 Å². The lowest BCUT2D eigenvalue weighted by atomic mass is 9.96. The highest BCUT2D eigenvalue weighted by atomic mass is 16.4. The lowest BCUT2D eigenvalue weighted by Crippen LogP contribution is -2.07. The molecule has 82 valence electrons. The van der Waals surface area contributed by atoms with E-state index < -0.39 is 12.1 Å². The fourth-order valence-corrected chi connectivity index (χ4v) is 1.33. The molecule has 0 aliphatic rings. The topological polar surface area (TPSA) is 77.8 Å². The van der Waals surface area contributed by atoms with E-state index in [0.29, 0.717) is 0 Å². The van der Waals surface area contributed by atoms with Crippen molar-refractivity contribution in [1.29, 1.82) is 0 Å². The maximum Gasteiger partial charge on any atom is 0.339 e. The molecule has 3 N–H and O–H groups in total. The van der Waals surface area contributed by atoms with Crippen LogP contribution in [0.5, 0.6) is 5.75 Å². The number of aromatic carboxylic acids is 1. The Labute approximate surface area is 87.8 Å². The van der Waals surface area contributed by atoms with Crippen molar-refractivity contribution < 1.29 is 20.1 Å². The van der Waals surface area contributed by atoms with Gasteiger partial charge in [-0.2, -0.15) is 0 Å². The van der Waals surface area contributed by atoms with Crippen molar-refractivity contribution in [3.05, 3.63) is 29.3 Å². The number of aliphatic hydroxyl groups excluding tert-OH is 1. The van der Waals surface area contributed by atoms with Crippen LogP contribution in [0.4, 0.5) is 0 Å². The van der Waals surface area contributed by atoms with Gasteiger partial charge in [0.2, 0.25) is 0 Å². The summed E-state index contributed by atoms with van der Waals surface area (Å²) in [6.45, 7) is 3.58. The lowest BCUT2D eigenvalue weighted by Gasteiger charge is -2.16. The maximum atomic E-state index is 10.7. The van der Waals surface area contributed by atoms with Gasteiger partial charge in [-0.3, -0.25) is 0 Å². The van der Waals surface area contributed by atoms with Gasteiger partial charge in [-0.25, -0.2) is 4.79 Å². The number of benzene rings is 1. The Morgan fingerprint density at radius 2 is 1.93 bits per heavy atom. The molecule has 0 bridgehead atoms. The molecular weight excluding hydrogens is 196 g/mol. The highest BCUT2D eigenvalue weighted by molar-refractivity contribution is 5.91. The first-order valence-corrected chi connectivity index (χ1v) is 4.68. The van der Waals surface area contributed by atoms with Gasteiger partial charge in [-0.15, -0.1) is 0 Å². The first kappa shape index (κ1) is 11.5. The first-order chi connectivity index (χ1) is 6.95. The molecule has 4 nitrogen and oxygen atoms in total. The Morgan fingerprint density at radius 1 is 1.33 bits per heavy atom. The summed E-state index contributed by atoms with van der Waals surface area (Å²) in [5.41, 5.74) is 0.0668. The third kappa shape index (κ3) is 2.27. The van der Waals surface area contributed by atoms with Gasteiger partial charge in [0.05, 0.1) is 6.10 Å². The monoisotopic (exact) mass is 210 g/mol. The van der Waals surface area contributed by atoms with Crippen molar-refractivity contribution in [2.24, 2.45) is 5.92 Å². The molecule has 0 saturated heterocycles. The molecule has 1 aromatic carbocycles. The van der Waals surface area contributed by atoms with Crippen LogP contribution in [0.2, 0.25) is 0 Å². The number of hydrogen-bond acceptors (Lipinski definition) is 3. The second-order valence-corrected chi connectivity index (χ2v) is 3.74. The van der Waals surface area contributed by atoms with Gasteiger partial charge in [0.15, 0.2) is 0 Å². The van der Waals surface area contributed by atoms with Crippen molar-refractivity contribution in [3.63, 3.8) is 0 Å². The standard InChI is InChI=1S/C11H14O4/c1-6(2)9(12)7-4-3-5-8(10(7)13)11(14)15/h3-6,9,12-13H,1-2H3,(H,14,15). The summed E-state index contributed by atoms with van der Waals surface area (Å²) in [6, 6.07) is 4.32. The third-order valence-electron chi connectivity index (χ3n) is 2.25. The zero-order valence-electron chi connectivity index (χ0n) is 8.64. The molecular formula is C11H14O4. The number of carbonyl (C=O) groups is 1. The van der Waals surface area contributed by atoms with E-state index in [1.54, 1.807) is 13.8 Å². The van der Waals surface area contributed by atoms with Crippen LogP contribution in [-0.4, -0.2) is 21.3 Å². The Hall–Kier alpha value is -1.55. The van der Waals surface area contributed by atoms with Gasteiger partial charge in [0.1, 0.15) is 11.3 Å². The van der Waals surface area contributed by atoms with Crippen molar-refractivity contribution >= 4 is 5.97 Å². The second-order valence-electron chi connectivity index (χ2n) is 3.74. The molecule has 0 radical (unpaired) electrons. The summed E-state index contributed by atoms with van der Waals surface area (Å²) in [5, 5.41) is 28.1. The summed E-state index contributed by atoms with van der Waals surface area (Å²) in [7, 11) is 0. The minimum absolute atomic E-state index is 0.0834. The highest BCUT2D eigenvalue weighted by Crippen LogP contribution is 2.31. The minimum Gasteiger partial charge on any atom is -0.507 e. The molecule has 0 aliphatic heterocycles. The van der Waals surface area contributed by atoms with E-state index in [4.69, 9.17) is 5.11 Å². The number of aliphatic hydroxyl groups is 1. The fraction of sp³-hybridized carbons (Fsp3) is 0.364. The molecule has 15 heavy (non-hydrogen) atoms. The largest absolute Gasteiger partial charge is 0.507 e. The average molecular weight is 210 g/mol. The SMILES string of the molecule is CC(C)C(O)c1cccc(C(=O)O)c1O. The molecule has 1 aromatic rings. The van der Waals surface area contributed by atoms with Crippen molar-refractivity contribution in [3.8, 4) is 5.75 Å². The van der Waals surface area contributed by atoms with E-state index in [0.717, 1.165) is 0 Å². The molecule has 0 aromatic heterocycles. The van der Waals surface area contributed by atoms with Gasteiger partial charge >= 0.3 is 5.97 Å². The van der Waals surface area contributed by atoms with Crippen LogP contribution in [-0.2, 0) is 0 Å². The molecule has 0 aliphatic carbocycles. The Morgan fingerprint density at radius 3 is 2.40 bits per heavy atom. The number of carboxylic acids is 1. The summed E-state index contributed by atoms with van der Waals surface area (Å²) < 4.78 is 0. The molecule has 0 saturated carbocycles. The van der Waals surface area contributed by atoms with E-state index in [1.807, 2.05) is 0 Å². The third-order valence-corrected chi connectivity index (χ3v) is 2.25. The van der Waals surface area contributed by atoms with E-state index >= 15 is 0 Å². The smallest absolute Gasteiger partial charge is 0.339 e. The second kappa shape index (κ2) is 4.31. The zero-order chi connectivity index (χ0) is 11.6. The number of phenols is 1. The Balaban J connectivity index is 3.21. The van der Waals surface area contributed by atoms with E-state index in [1.165, 1.54) is 18.2 Å². The van der Waals surface area contributed by atoms with Crippen LogP contribution in [0.25, 0.3) is 0 Å². The summed E-state index contributed by atoms with van der Waals surface area (Å²) in [5.74, 6) is -1.64.